The summed E-state index contributed by atoms with van der Waals surface area (Å²) in [6.07, 6.45) is -4.50. The van der Waals surface area contributed by atoms with Gasteiger partial charge in [0, 0.05) is 16.4 Å². The van der Waals surface area contributed by atoms with Crippen LogP contribution in [0.3, 0.4) is 0 Å². The molecule has 0 fully saturated rings. The third kappa shape index (κ3) is 5.60. The minimum Gasteiger partial charge on any atom is -0.237 e. The van der Waals surface area contributed by atoms with Crippen LogP contribution < -0.4 is 0 Å². The lowest BCUT2D eigenvalue weighted by Crippen LogP contribution is -2.08. The van der Waals surface area contributed by atoms with E-state index in [1.165, 1.54) is 12.1 Å². The molecule has 1 aromatic rings. The van der Waals surface area contributed by atoms with Gasteiger partial charge in [-0.2, -0.15) is 13.2 Å². The molecular formula is C8H7ClF3NO2S2. The second-order valence-electron chi connectivity index (χ2n) is 2.95. The van der Waals surface area contributed by atoms with Gasteiger partial charge in [-0.15, -0.1) is 11.8 Å². The van der Waals surface area contributed by atoms with Crippen LogP contribution >= 0.6 is 22.4 Å². The van der Waals surface area contributed by atoms with Gasteiger partial charge in [0.1, 0.15) is 5.69 Å². The standard InChI is InChI=1S/C8H7ClF3NO2S2/c9-17(14,15)5-4-16-7-3-1-2-6(13-7)8(10,11)12/h1-3H,4-5H2. The fraction of sp³-hybridized carbons (Fsp3) is 0.375. The first-order chi connectivity index (χ1) is 7.68. The Labute approximate surface area is 105 Å². The van der Waals surface area contributed by atoms with Crippen molar-refractivity contribution in [1.82, 2.24) is 4.98 Å². The van der Waals surface area contributed by atoms with Crippen LogP contribution in [0.4, 0.5) is 13.2 Å². The van der Waals surface area contributed by atoms with Crippen LogP contribution in [0, 0.1) is 0 Å². The van der Waals surface area contributed by atoms with Crippen LogP contribution in [-0.4, -0.2) is 24.9 Å². The zero-order valence-corrected chi connectivity index (χ0v) is 10.6. The summed E-state index contributed by atoms with van der Waals surface area (Å²) in [5.74, 6) is -0.267. The van der Waals surface area contributed by atoms with Crippen LogP contribution in [-0.2, 0) is 15.2 Å². The highest BCUT2D eigenvalue weighted by atomic mass is 35.7. The molecule has 0 saturated heterocycles. The summed E-state index contributed by atoms with van der Waals surface area (Å²) in [6.45, 7) is 0. The highest BCUT2D eigenvalue weighted by Crippen LogP contribution is 2.29. The number of pyridine rings is 1. The predicted octanol–water partition coefficient (Wildman–Crippen LogP) is 2.76. The number of alkyl halides is 3. The van der Waals surface area contributed by atoms with E-state index in [-0.39, 0.29) is 16.5 Å². The number of nitrogens with zero attached hydrogens (tertiary/aromatic N) is 1. The first-order valence-electron chi connectivity index (χ1n) is 4.28. The van der Waals surface area contributed by atoms with E-state index >= 15 is 0 Å². The maximum Gasteiger partial charge on any atom is 0.433 e. The summed E-state index contributed by atoms with van der Waals surface area (Å²) in [4.78, 5) is 3.36. The minimum absolute atomic E-state index is 0.0557. The van der Waals surface area contributed by atoms with E-state index in [2.05, 4.69) is 4.98 Å². The summed E-state index contributed by atoms with van der Waals surface area (Å²) in [5, 5.41) is 0.111. The molecule has 9 heteroatoms. The summed E-state index contributed by atoms with van der Waals surface area (Å²) >= 11 is 0.903. The number of hydrogen-bond donors (Lipinski definition) is 0. The molecule has 0 bridgehead atoms. The van der Waals surface area contributed by atoms with E-state index in [4.69, 9.17) is 10.7 Å². The number of halogens is 4. The molecule has 0 aliphatic rings. The molecule has 1 rings (SSSR count). The molecule has 0 radical (unpaired) electrons. The van der Waals surface area contributed by atoms with Gasteiger partial charge in [-0.1, -0.05) is 6.07 Å². The molecule has 0 N–H and O–H groups in total. The van der Waals surface area contributed by atoms with E-state index < -0.39 is 20.9 Å². The number of rotatable bonds is 4. The van der Waals surface area contributed by atoms with Crippen molar-refractivity contribution in [2.45, 2.75) is 11.2 Å². The Hall–Kier alpha value is -0.470. The van der Waals surface area contributed by atoms with Crippen LogP contribution in [0.25, 0.3) is 0 Å². The Bertz CT molecular complexity index is 490. The van der Waals surface area contributed by atoms with Crippen molar-refractivity contribution in [2.24, 2.45) is 0 Å². The van der Waals surface area contributed by atoms with E-state index in [9.17, 15) is 21.6 Å². The molecule has 1 aromatic heterocycles. The highest BCUT2D eigenvalue weighted by Gasteiger charge is 2.32. The molecule has 0 aliphatic heterocycles. The molecule has 0 unspecified atom stereocenters. The second kappa shape index (κ2) is 5.45. The van der Waals surface area contributed by atoms with E-state index in [0.717, 1.165) is 17.8 Å². The monoisotopic (exact) mass is 305 g/mol. The van der Waals surface area contributed by atoms with Gasteiger partial charge >= 0.3 is 6.18 Å². The third-order valence-electron chi connectivity index (χ3n) is 1.59. The zero-order valence-electron chi connectivity index (χ0n) is 8.24. The Kier molecular flexibility index (Phi) is 4.68. The maximum atomic E-state index is 12.3. The van der Waals surface area contributed by atoms with Gasteiger partial charge in [-0.05, 0) is 12.1 Å². The lowest BCUT2D eigenvalue weighted by Gasteiger charge is -2.06. The lowest BCUT2D eigenvalue weighted by atomic mass is 10.3. The lowest BCUT2D eigenvalue weighted by molar-refractivity contribution is -0.141. The van der Waals surface area contributed by atoms with Gasteiger partial charge in [-0.3, -0.25) is 0 Å². The van der Waals surface area contributed by atoms with Crippen LogP contribution in [0.5, 0.6) is 0 Å². The van der Waals surface area contributed by atoms with Gasteiger partial charge in [0.25, 0.3) is 0 Å². The molecule has 3 nitrogen and oxygen atoms in total. The fourth-order valence-corrected chi connectivity index (χ4v) is 3.14. The highest BCUT2D eigenvalue weighted by molar-refractivity contribution is 8.14. The Morgan fingerprint density at radius 3 is 2.53 bits per heavy atom. The zero-order chi connectivity index (χ0) is 13.1. The molecule has 0 spiro atoms. The number of aromatic nitrogens is 1. The molecular weight excluding hydrogens is 299 g/mol. The number of hydrogen-bond acceptors (Lipinski definition) is 4. The summed E-state index contributed by atoms with van der Waals surface area (Å²) in [7, 11) is 1.33. The molecule has 0 amide bonds. The molecule has 0 atom stereocenters. The molecule has 17 heavy (non-hydrogen) atoms. The third-order valence-corrected chi connectivity index (χ3v) is 3.94. The summed E-state index contributed by atoms with van der Waals surface area (Å²) in [6, 6.07) is 3.44. The van der Waals surface area contributed by atoms with Crippen molar-refractivity contribution in [3.63, 3.8) is 0 Å². The first-order valence-corrected chi connectivity index (χ1v) is 7.74. The molecule has 0 aliphatic carbocycles. The van der Waals surface area contributed by atoms with Crippen LogP contribution in [0.1, 0.15) is 5.69 Å². The average Bonchev–Trinajstić information content (AvgIpc) is 2.15. The van der Waals surface area contributed by atoms with Crippen molar-refractivity contribution in [2.75, 3.05) is 11.5 Å². The van der Waals surface area contributed by atoms with Crippen molar-refractivity contribution in [3.8, 4) is 0 Å². The van der Waals surface area contributed by atoms with Gasteiger partial charge in [0.05, 0.1) is 10.8 Å². The first kappa shape index (κ1) is 14.6. The van der Waals surface area contributed by atoms with Crippen molar-refractivity contribution < 1.29 is 21.6 Å². The van der Waals surface area contributed by atoms with Crippen LogP contribution in [0.2, 0.25) is 0 Å². The average molecular weight is 306 g/mol. The van der Waals surface area contributed by atoms with Gasteiger partial charge in [-0.25, -0.2) is 13.4 Å². The molecule has 1 heterocycles. The fourth-order valence-electron chi connectivity index (χ4n) is 0.899. The maximum absolute atomic E-state index is 12.3. The summed E-state index contributed by atoms with van der Waals surface area (Å²) in [5.41, 5.74) is -1.00. The Morgan fingerprint density at radius 1 is 1.35 bits per heavy atom. The van der Waals surface area contributed by atoms with Crippen molar-refractivity contribution in [1.29, 1.82) is 0 Å². The minimum atomic E-state index is -4.50. The quantitative estimate of drug-likeness (QED) is 0.634. The Balaban J connectivity index is 2.67. The molecule has 0 aromatic carbocycles. The van der Waals surface area contributed by atoms with Gasteiger partial charge < -0.3 is 0 Å². The SMILES string of the molecule is O=S(=O)(Cl)CCSc1cccc(C(F)(F)F)n1. The van der Waals surface area contributed by atoms with E-state index in [0.29, 0.717) is 0 Å². The normalized spacial score (nSPS) is 12.7. The predicted molar refractivity (Wildman–Crippen MR) is 59.6 cm³/mol. The number of thioether (sulfide) groups is 1. The summed E-state index contributed by atoms with van der Waals surface area (Å²) < 4.78 is 58.1. The van der Waals surface area contributed by atoms with Gasteiger partial charge in [0.2, 0.25) is 9.05 Å². The largest absolute Gasteiger partial charge is 0.433 e. The second-order valence-corrected chi connectivity index (χ2v) is 6.96. The van der Waals surface area contributed by atoms with Crippen molar-refractivity contribution >= 4 is 31.5 Å². The van der Waals surface area contributed by atoms with E-state index in [1.54, 1.807) is 0 Å². The van der Waals surface area contributed by atoms with E-state index in [1.807, 2.05) is 0 Å². The molecule has 0 saturated carbocycles. The van der Waals surface area contributed by atoms with Crippen molar-refractivity contribution in [3.05, 3.63) is 23.9 Å². The Morgan fingerprint density at radius 2 is 2.00 bits per heavy atom. The van der Waals surface area contributed by atoms with Gasteiger partial charge in [0.15, 0.2) is 0 Å². The smallest absolute Gasteiger partial charge is 0.237 e. The van der Waals surface area contributed by atoms with Crippen LogP contribution in [0.15, 0.2) is 23.2 Å². The topological polar surface area (TPSA) is 47.0 Å². The molecule has 96 valence electrons.